The van der Waals surface area contributed by atoms with E-state index in [9.17, 15) is 22.8 Å². The van der Waals surface area contributed by atoms with Crippen molar-refractivity contribution in [3.63, 3.8) is 0 Å². The molecule has 0 aliphatic carbocycles. The molecule has 1 aliphatic rings. The zero-order valence-corrected chi connectivity index (χ0v) is 11.9. The van der Waals surface area contributed by atoms with E-state index in [0.29, 0.717) is 0 Å². The molecule has 10 heteroatoms. The van der Waals surface area contributed by atoms with Crippen LogP contribution in [0.5, 0.6) is 0 Å². The van der Waals surface area contributed by atoms with Crippen molar-refractivity contribution in [3.8, 4) is 0 Å². The molecule has 1 heterocycles. The van der Waals surface area contributed by atoms with E-state index in [0.717, 1.165) is 4.90 Å². The highest BCUT2D eigenvalue weighted by Gasteiger charge is 2.34. The van der Waals surface area contributed by atoms with Gasteiger partial charge in [-0.1, -0.05) is 12.1 Å². The second kappa shape index (κ2) is 6.84. The first-order chi connectivity index (χ1) is 9.78. The largest absolute Gasteiger partial charge is 0.439 e. The first-order valence-corrected chi connectivity index (χ1v) is 5.94. The van der Waals surface area contributed by atoms with Crippen LogP contribution in [0.2, 0.25) is 0 Å². The summed E-state index contributed by atoms with van der Waals surface area (Å²) in [5, 5.41) is 2.49. The van der Waals surface area contributed by atoms with Gasteiger partial charge in [0.25, 0.3) is 0 Å². The van der Waals surface area contributed by atoms with Crippen LogP contribution in [-0.4, -0.2) is 37.4 Å². The van der Waals surface area contributed by atoms with Crippen molar-refractivity contribution < 1.29 is 27.5 Å². The third kappa shape index (κ3) is 4.25. The monoisotopic (exact) mass is 339 g/mol. The molecule has 0 radical (unpaired) electrons. The lowest BCUT2D eigenvalue weighted by molar-refractivity contribution is -0.159. The Morgan fingerprint density at radius 3 is 2.68 bits per heavy atom. The third-order valence-electron chi connectivity index (χ3n) is 2.75. The number of nitrogens with one attached hydrogen (secondary N) is 1. The van der Waals surface area contributed by atoms with Crippen molar-refractivity contribution in [2.24, 2.45) is 5.73 Å². The second-order valence-corrected chi connectivity index (χ2v) is 4.39. The maximum absolute atomic E-state index is 12.1. The summed E-state index contributed by atoms with van der Waals surface area (Å²) in [6.07, 6.45) is -5.84. The Bertz CT molecular complexity index is 568. The van der Waals surface area contributed by atoms with Gasteiger partial charge in [-0.25, -0.2) is 4.79 Å². The van der Waals surface area contributed by atoms with Gasteiger partial charge < -0.3 is 15.8 Å². The molecule has 0 saturated heterocycles. The molecule has 6 nitrogen and oxygen atoms in total. The van der Waals surface area contributed by atoms with Gasteiger partial charge in [0.2, 0.25) is 5.91 Å². The zero-order chi connectivity index (χ0) is 15.6. The Balaban J connectivity index is 0.00000242. The number of hydrogen-bond donors (Lipinski definition) is 2. The molecule has 22 heavy (non-hydrogen) atoms. The van der Waals surface area contributed by atoms with Gasteiger partial charge in [0.1, 0.15) is 6.04 Å². The summed E-state index contributed by atoms with van der Waals surface area (Å²) in [6.45, 7) is -1.99. The molecule has 0 spiro atoms. The van der Waals surface area contributed by atoms with Crippen LogP contribution >= 0.6 is 12.4 Å². The summed E-state index contributed by atoms with van der Waals surface area (Å²) in [5.74, 6) is -0.534. The van der Waals surface area contributed by atoms with Crippen LogP contribution in [0.15, 0.2) is 24.3 Å². The molecule has 1 atom stereocenters. The van der Waals surface area contributed by atoms with E-state index in [4.69, 9.17) is 5.73 Å². The highest BCUT2D eigenvalue weighted by molar-refractivity contribution is 6.04. The van der Waals surface area contributed by atoms with Crippen LogP contribution in [-0.2, 0) is 9.53 Å². The fraction of sp³-hybridized carbons (Fsp3) is 0.333. The van der Waals surface area contributed by atoms with E-state index in [1.54, 1.807) is 12.1 Å². The lowest BCUT2D eigenvalue weighted by Gasteiger charge is -2.23. The number of anilines is 2. The standard InChI is InChI=1S/C12H12F3N3O3.ClH/c13-12(14,15)6-21-11(20)18-5-7(16)10(19)17-8-3-1-2-4-9(8)18;/h1-4,7H,5-6,16H2,(H,17,19);1H/t7-;/m0./s1. The Morgan fingerprint density at radius 1 is 1.41 bits per heavy atom. The normalized spacial score (nSPS) is 17.7. The predicted octanol–water partition coefficient (Wildman–Crippen LogP) is 1.89. The van der Waals surface area contributed by atoms with Crippen molar-refractivity contribution in [1.82, 2.24) is 0 Å². The van der Waals surface area contributed by atoms with Crippen LogP contribution in [0.25, 0.3) is 0 Å². The van der Waals surface area contributed by atoms with E-state index >= 15 is 0 Å². The number of nitrogens with zero attached hydrogens (tertiary/aromatic N) is 1. The fourth-order valence-corrected chi connectivity index (χ4v) is 1.81. The molecule has 1 aromatic rings. The minimum Gasteiger partial charge on any atom is -0.439 e. The number of hydrogen-bond acceptors (Lipinski definition) is 4. The minimum atomic E-state index is -4.63. The van der Waals surface area contributed by atoms with Crippen LogP contribution in [0.1, 0.15) is 0 Å². The highest BCUT2D eigenvalue weighted by atomic mass is 35.5. The molecule has 0 bridgehead atoms. The van der Waals surface area contributed by atoms with E-state index in [-0.39, 0.29) is 30.3 Å². The van der Waals surface area contributed by atoms with Gasteiger partial charge in [-0.05, 0) is 12.1 Å². The van der Waals surface area contributed by atoms with Crippen LogP contribution in [0, 0.1) is 0 Å². The number of amides is 2. The number of carbonyl (C=O) groups excluding carboxylic acids is 2. The second-order valence-electron chi connectivity index (χ2n) is 4.39. The lowest BCUT2D eigenvalue weighted by Crippen LogP contribution is -2.45. The first kappa shape index (κ1) is 18.1. The van der Waals surface area contributed by atoms with Gasteiger partial charge in [0, 0.05) is 0 Å². The summed E-state index contributed by atoms with van der Waals surface area (Å²) in [4.78, 5) is 24.4. The van der Waals surface area contributed by atoms with Crippen LogP contribution < -0.4 is 16.0 Å². The number of nitrogens with two attached hydrogens (primary N) is 1. The van der Waals surface area contributed by atoms with Crippen molar-refractivity contribution in [1.29, 1.82) is 0 Å². The average molecular weight is 340 g/mol. The van der Waals surface area contributed by atoms with Gasteiger partial charge in [-0.2, -0.15) is 13.2 Å². The van der Waals surface area contributed by atoms with Crippen molar-refractivity contribution in [2.75, 3.05) is 23.4 Å². The molecule has 1 aromatic carbocycles. The van der Waals surface area contributed by atoms with Crippen LogP contribution in [0.4, 0.5) is 29.3 Å². The molecule has 0 unspecified atom stereocenters. The van der Waals surface area contributed by atoms with Gasteiger partial charge in [-0.3, -0.25) is 9.69 Å². The molecular weight excluding hydrogens is 327 g/mol. The maximum Gasteiger partial charge on any atom is 0.422 e. The Hall–Kier alpha value is -2.00. The average Bonchev–Trinajstić information content (AvgIpc) is 2.53. The molecule has 122 valence electrons. The molecule has 1 aliphatic heterocycles. The van der Waals surface area contributed by atoms with Gasteiger partial charge in [0.05, 0.1) is 17.9 Å². The summed E-state index contributed by atoms with van der Waals surface area (Å²) in [6, 6.07) is 5.09. The maximum atomic E-state index is 12.1. The van der Waals surface area contributed by atoms with E-state index < -0.39 is 30.8 Å². The predicted molar refractivity (Wildman–Crippen MR) is 75.0 cm³/mol. The Kier molecular flexibility index (Phi) is 5.61. The van der Waals surface area contributed by atoms with Gasteiger partial charge >= 0.3 is 12.3 Å². The number of para-hydroxylation sites is 2. The quantitative estimate of drug-likeness (QED) is 0.818. The number of alkyl halides is 3. The summed E-state index contributed by atoms with van der Waals surface area (Å²) >= 11 is 0. The summed E-state index contributed by atoms with van der Waals surface area (Å²) in [7, 11) is 0. The highest BCUT2D eigenvalue weighted by Crippen LogP contribution is 2.29. The Morgan fingerprint density at radius 2 is 2.05 bits per heavy atom. The number of carbonyl (C=O) groups is 2. The number of ether oxygens (including phenoxy) is 1. The van der Waals surface area contributed by atoms with Crippen molar-refractivity contribution in [3.05, 3.63) is 24.3 Å². The number of benzene rings is 1. The van der Waals surface area contributed by atoms with Gasteiger partial charge in [0.15, 0.2) is 6.61 Å². The van der Waals surface area contributed by atoms with E-state index in [1.807, 2.05) is 0 Å². The topological polar surface area (TPSA) is 84.7 Å². The fourth-order valence-electron chi connectivity index (χ4n) is 1.81. The summed E-state index contributed by atoms with van der Waals surface area (Å²) < 4.78 is 40.5. The van der Waals surface area contributed by atoms with E-state index in [2.05, 4.69) is 10.1 Å². The summed E-state index contributed by atoms with van der Waals surface area (Å²) in [5.41, 5.74) is 6.09. The SMILES string of the molecule is Cl.N[C@H]1CN(C(=O)OCC(F)(F)F)c2ccccc2NC1=O. The number of fused-ring (bicyclic) bond motifs is 1. The minimum absolute atomic E-state index is 0. The molecule has 0 aromatic heterocycles. The Labute approximate surface area is 129 Å². The smallest absolute Gasteiger partial charge is 0.422 e. The van der Waals surface area contributed by atoms with Crippen molar-refractivity contribution in [2.45, 2.75) is 12.2 Å². The zero-order valence-electron chi connectivity index (χ0n) is 11.1. The lowest BCUT2D eigenvalue weighted by atomic mass is 10.2. The molecule has 0 saturated carbocycles. The molecule has 2 amide bonds. The first-order valence-electron chi connectivity index (χ1n) is 5.94. The number of halogens is 4. The van der Waals surface area contributed by atoms with E-state index in [1.165, 1.54) is 12.1 Å². The molecule has 3 N–H and O–H groups in total. The molecule has 2 rings (SSSR count). The number of rotatable bonds is 1. The van der Waals surface area contributed by atoms with Gasteiger partial charge in [-0.15, -0.1) is 12.4 Å². The van der Waals surface area contributed by atoms with Crippen molar-refractivity contribution >= 4 is 35.8 Å². The third-order valence-corrected chi connectivity index (χ3v) is 2.75. The molecule has 0 fully saturated rings. The van der Waals surface area contributed by atoms with Crippen LogP contribution in [0.3, 0.4) is 0 Å². The molecular formula is C12H13ClF3N3O3.